The number of nitrogens with two attached hydrogens (primary N) is 1. The largest absolute Gasteiger partial charge is 0.330 e. The maximum atomic E-state index is 6.10. The van der Waals surface area contributed by atoms with Crippen molar-refractivity contribution in [3.05, 3.63) is 40.4 Å². The molecule has 0 saturated heterocycles. The molecule has 1 heterocycles. The number of halogens is 1. The summed E-state index contributed by atoms with van der Waals surface area (Å²) in [5.74, 6) is 1.61. The third-order valence-electron chi connectivity index (χ3n) is 2.58. The van der Waals surface area contributed by atoms with Crippen molar-refractivity contribution >= 4 is 11.6 Å². The van der Waals surface area contributed by atoms with Crippen LogP contribution in [-0.2, 0) is 6.42 Å². The van der Waals surface area contributed by atoms with E-state index in [9.17, 15) is 0 Å². The number of rotatable bonds is 3. The second-order valence-corrected chi connectivity index (χ2v) is 4.37. The lowest BCUT2D eigenvalue weighted by Gasteiger charge is -2.04. The number of nitrogens with zero attached hydrogens (tertiary/aromatic N) is 3. The molecule has 5 heteroatoms. The highest BCUT2D eigenvalue weighted by Gasteiger charge is 2.08. The van der Waals surface area contributed by atoms with E-state index in [2.05, 4.69) is 10.1 Å². The van der Waals surface area contributed by atoms with Gasteiger partial charge >= 0.3 is 0 Å². The third-order valence-corrected chi connectivity index (χ3v) is 2.99. The normalized spacial score (nSPS) is 10.8. The number of hydrogen-bond acceptors (Lipinski definition) is 3. The van der Waals surface area contributed by atoms with Crippen LogP contribution in [0, 0.1) is 13.8 Å². The lowest BCUT2D eigenvalue weighted by molar-refractivity contribution is 0.803. The number of benzene rings is 1. The maximum absolute atomic E-state index is 6.10. The van der Waals surface area contributed by atoms with Crippen LogP contribution in [0.4, 0.5) is 0 Å². The Bertz CT molecular complexity index is 533. The second kappa shape index (κ2) is 4.85. The smallest absolute Gasteiger partial charge is 0.152 e. The third kappa shape index (κ3) is 2.48. The average Bonchev–Trinajstić information content (AvgIpc) is 2.64. The predicted octanol–water partition coefficient (Wildman–Crippen LogP) is 2.04. The second-order valence-electron chi connectivity index (χ2n) is 3.96. The molecule has 0 saturated carbocycles. The van der Waals surface area contributed by atoms with Crippen molar-refractivity contribution in [2.45, 2.75) is 20.3 Å². The summed E-state index contributed by atoms with van der Waals surface area (Å²) in [4.78, 5) is 4.36. The van der Waals surface area contributed by atoms with Crippen LogP contribution in [0.1, 0.15) is 17.2 Å². The number of aryl methyl sites for hydroxylation is 2. The maximum Gasteiger partial charge on any atom is 0.152 e. The zero-order valence-electron chi connectivity index (χ0n) is 9.94. The standard InChI is InChI=1S/C12H15ClN4/c1-8-3-4-10(7-11(8)13)17-9(2)15-12(16-17)5-6-14/h3-4,7H,5-6,14H2,1-2H3. The summed E-state index contributed by atoms with van der Waals surface area (Å²) in [6, 6.07) is 5.85. The van der Waals surface area contributed by atoms with E-state index in [1.54, 1.807) is 4.68 Å². The van der Waals surface area contributed by atoms with Gasteiger partial charge in [-0.25, -0.2) is 9.67 Å². The lowest BCUT2D eigenvalue weighted by atomic mass is 10.2. The molecule has 2 rings (SSSR count). The van der Waals surface area contributed by atoms with Crippen molar-refractivity contribution in [2.75, 3.05) is 6.54 Å². The summed E-state index contributed by atoms with van der Waals surface area (Å²) in [6.07, 6.45) is 0.688. The minimum atomic E-state index is 0.554. The van der Waals surface area contributed by atoms with E-state index in [4.69, 9.17) is 17.3 Å². The average molecular weight is 251 g/mol. The van der Waals surface area contributed by atoms with Crippen LogP contribution in [0.25, 0.3) is 5.69 Å². The zero-order chi connectivity index (χ0) is 12.4. The molecule has 0 radical (unpaired) electrons. The van der Waals surface area contributed by atoms with Gasteiger partial charge < -0.3 is 5.73 Å². The summed E-state index contributed by atoms with van der Waals surface area (Å²) >= 11 is 6.10. The summed E-state index contributed by atoms with van der Waals surface area (Å²) in [5.41, 5.74) is 7.47. The van der Waals surface area contributed by atoms with Crippen molar-refractivity contribution in [3.63, 3.8) is 0 Å². The van der Waals surface area contributed by atoms with Gasteiger partial charge in [-0.15, -0.1) is 0 Å². The molecule has 0 fully saturated rings. The predicted molar refractivity (Wildman–Crippen MR) is 68.6 cm³/mol. The van der Waals surface area contributed by atoms with E-state index < -0.39 is 0 Å². The Hall–Kier alpha value is -1.39. The number of hydrogen-bond donors (Lipinski definition) is 1. The molecule has 4 nitrogen and oxygen atoms in total. The first-order valence-electron chi connectivity index (χ1n) is 5.51. The molecule has 0 spiro atoms. The van der Waals surface area contributed by atoms with Crippen LogP contribution in [0.2, 0.25) is 5.02 Å². The highest BCUT2D eigenvalue weighted by molar-refractivity contribution is 6.31. The van der Waals surface area contributed by atoms with Crippen LogP contribution in [-0.4, -0.2) is 21.3 Å². The number of aromatic nitrogens is 3. The first kappa shape index (κ1) is 12.1. The molecule has 0 bridgehead atoms. The molecule has 0 amide bonds. The molecule has 0 aliphatic heterocycles. The molecule has 0 unspecified atom stereocenters. The van der Waals surface area contributed by atoms with Gasteiger partial charge in [0.1, 0.15) is 5.82 Å². The van der Waals surface area contributed by atoms with Gasteiger partial charge in [0.15, 0.2) is 5.82 Å². The van der Waals surface area contributed by atoms with Gasteiger partial charge in [0, 0.05) is 11.4 Å². The van der Waals surface area contributed by atoms with Crippen molar-refractivity contribution < 1.29 is 0 Å². The Morgan fingerprint density at radius 1 is 1.35 bits per heavy atom. The van der Waals surface area contributed by atoms with Gasteiger partial charge in [-0.2, -0.15) is 5.10 Å². The molecule has 0 aliphatic rings. The first-order chi connectivity index (χ1) is 8.11. The van der Waals surface area contributed by atoms with E-state index >= 15 is 0 Å². The molecule has 17 heavy (non-hydrogen) atoms. The van der Waals surface area contributed by atoms with Gasteiger partial charge in [0.05, 0.1) is 5.69 Å². The van der Waals surface area contributed by atoms with Crippen LogP contribution in [0.5, 0.6) is 0 Å². The van der Waals surface area contributed by atoms with E-state index in [1.165, 1.54) is 0 Å². The molecule has 0 aliphatic carbocycles. The van der Waals surface area contributed by atoms with E-state index in [-0.39, 0.29) is 0 Å². The molecule has 1 aromatic carbocycles. The highest BCUT2D eigenvalue weighted by Crippen LogP contribution is 2.19. The Morgan fingerprint density at radius 2 is 2.12 bits per heavy atom. The van der Waals surface area contributed by atoms with E-state index in [1.807, 2.05) is 32.0 Å². The van der Waals surface area contributed by atoms with Crippen LogP contribution < -0.4 is 5.73 Å². The fourth-order valence-electron chi connectivity index (χ4n) is 1.64. The summed E-state index contributed by atoms with van der Waals surface area (Å²) in [7, 11) is 0. The minimum absolute atomic E-state index is 0.554. The monoisotopic (exact) mass is 250 g/mol. The Kier molecular flexibility index (Phi) is 3.45. The Balaban J connectivity index is 2.41. The molecular formula is C12H15ClN4. The summed E-state index contributed by atoms with van der Waals surface area (Å²) < 4.78 is 1.79. The molecular weight excluding hydrogens is 236 g/mol. The topological polar surface area (TPSA) is 56.7 Å². The lowest BCUT2D eigenvalue weighted by Crippen LogP contribution is -2.05. The first-order valence-corrected chi connectivity index (χ1v) is 5.88. The van der Waals surface area contributed by atoms with Gasteiger partial charge in [0.25, 0.3) is 0 Å². The molecule has 2 N–H and O–H groups in total. The molecule has 0 atom stereocenters. The van der Waals surface area contributed by atoms with Gasteiger partial charge in [-0.05, 0) is 38.1 Å². The fraction of sp³-hybridized carbons (Fsp3) is 0.333. The minimum Gasteiger partial charge on any atom is -0.330 e. The Morgan fingerprint density at radius 3 is 2.76 bits per heavy atom. The SMILES string of the molecule is Cc1ccc(-n2nc(CCN)nc2C)cc1Cl. The summed E-state index contributed by atoms with van der Waals surface area (Å²) in [6.45, 7) is 4.44. The van der Waals surface area contributed by atoms with E-state index in [0.29, 0.717) is 13.0 Å². The van der Waals surface area contributed by atoms with Gasteiger partial charge in [-0.1, -0.05) is 17.7 Å². The molecule has 2 aromatic rings. The van der Waals surface area contributed by atoms with Gasteiger partial charge in [-0.3, -0.25) is 0 Å². The fourth-order valence-corrected chi connectivity index (χ4v) is 1.81. The van der Waals surface area contributed by atoms with Crippen molar-refractivity contribution in [1.82, 2.24) is 14.8 Å². The van der Waals surface area contributed by atoms with Gasteiger partial charge in [0.2, 0.25) is 0 Å². The van der Waals surface area contributed by atoms with Crippen LogP contribution in [0.15, 0.2) is 18.2 Å². The highest BCUT2D eigenvalue weighted by atomic mass is 35.5. The van der Waals surface area contributed by atoms with Crippen LogP contribution in [0.3, 0.4) is 0 Å². The van der Waals surface area contributed by atoms with Crippen molar-refractivity contribution in [1.29, 1.82) is 0 Å². The molecule has 90 valence electrons. The van der Waals surface area contributed by atoms with Crippen LogP contribution >= 0.6 is 11.6 Å². The quantitative estimate of drug-likeness (QED) is 0.907. The summed E-state index contributed by atoms with van der Waals surface area (Å²) in [5, 5.41) is 5.14. The zero-order valence-corrected chi connectivity index (χ0v) is 10.7. The van der Waals surface area contributed by atoms with Crippen molar-refractivity contribution in [2.24, 2.45) is 5.73 Å². The van der Waals surface area contributed by atoms with Crippen molar-refractivity contribution in [3.8, 4) is 5.69 Å². The Labute approximate surface area is 105 Å². The molecule has 1 aromatic heterocycles. The van der Waals surface area contributed by atoms with E-state index in [0.717, 1.165) is 27.9 Å².